The Morgan fingerprint density at radius 1 is 0.596 bits per heavy atom. The van der Waals surface area contributed by atoms with Crippen LogP contribution in [-0.2, 0) is 10.8 Å². The first-order valence-corrected chi connectivity index (χ1v) is 21.2. The van der Waals surface area contributed by atoms with Crippen molar-refractivity contribution in [3.8, 4) is 11.1 Å². The van der Waals surface area contributed by atoms with Crippen LogP contribution in [0.25, 0.3) is 66.4 Å². The summed E-state index contributed by atoms with van der Waals surface area (Å²) < 4.78 is 2.79. The number of pyridine rings is 3. The number of allylic oxidation sites excluding steroid dienone is 6. The molecule has 282 valence electrons. The lowest BCUT2D eigenvalue weighted by Gasteiger charge is -2.37. The molecule has 0 fully saturated rings. The van der Waals surface area contributed by atoms with Crippen LogP contribution < -0.4 is 10.4 Å². The van der Waals surface area contributed by atoms with Crippen molar-refractivity contribution in [1.82, 2.24) is 9.38 Å². The fraction of sp³-hybridized carbons (Fsp3) is 0.327. The zero-order valence-corrected chi connectivity index (χ0v) is 35.6. The normalized spacial score (nSPS) is 19.3. The Labute approximate surface area is 335 Å². The van der Waals surface area contributed by atoms with E-state index in [4.69, 9.17) is 0 Å². The topological polar surface area (TPSA) is 17.3 Å². The highest BCUT2D eigenvalue weighted by molar-refractivity contribution is 6.25. The Balaban J connectivity index is 1.46. The summed E-state index contributed by atoms with van der Waals surface area (Å²) in [6.07, 6.45) is 14.4. The quantitative estimate of drug-likeness (QED) is 0.121. The summed E-state index contributed by atoms with van der Waals surface area (Å²) >= 11 is 0. The highest BCUT2D eigenvalue weighted by atomic mass is 14.9. The molecule has 0 amide bonds. The zero-order valence-electron chi connectivity index (χ0n) is 35.6. The van der Waals surface area contributed by atoms with Crippen LogP contribution in [0, 0.1) is 21.3 Å². The monoisotopic (exact) mass is 740 g/mol. The zero-order chi connectivity index (χ0) is 39.6. The summed E-state index contributed by atoms with van der Waals surface area (Å²) in [5, 5.41) is 11.3. The maximum absolute atomic E-state index is 4.63. The minimum absolute atomic E-state index is 0.00645. The molecule has 7 aromatic rings. The Kier molecular flexibility index (Phi) is 5.99. The van der Waals surface area contributed by atoms with Crippen molar-refractivity contribution in [1.29, 1.82) is 0 Å². The molecule has 12 rings (SSSR count). The molecule has 2 heteroatoms. The molecule has 0 spiro atoms. The van der Waals surface area contributed by atoms with Crippen LogP contribution >= 0.6 is 0 Å². The number of hydrogen-bond acceptors (Lipinski definition) is 1. The van der Waals surface area contributed by atoms with Gasteiger partial charge in [-0.3, -0.25) is 4.98 Å². The Bertz CT molecular complexity index is 3400. The molecule has 2 nitrogen and oxygen atoms in total. The number of nitrogens with zero attached hydrogens (tertiary/aromatic N) is 2. The summed E-state index contributed by atoms with van der Waals surface area (Å²) in [5.41, 5.74) is 21.1. The molecule has 0 saturated carbocycles. The molecule has 5 aliphatic rings. The maximum Gasteiger partial charge on any atom is 0.0619 e. The molecule has 2 atom stereocenters. The van der Waals surface area contributed by atoms with E-state index in [2.05, 4.69) is 165 Å². The van der Waals surface area contributed by atoms with Gasteiger partial charge in [0.1, 0.15) is 0 Å². The lowest BCUT2D eigenvalue weighted by molar-refractivity contribution is 0.516. The van der Waals surface area contributed by atoms with Crippen molar-refractivity contribution in [2.24, 2.45) is 10.8 Å². The van der Waals surface area contributed by atoms with E-state index in [0.717, 1.165) is 5.56 Å². The van der Waals surface area contributed by atoms with Crippen LogP contribution in [0.3, 0.4) is 0 Å². The van der Waals surface area contributed by atoms with Crippen LogP contribution in [0.4, 0.5) is 0 Å². The number of benzene rings is 3. The molecule has 0 N–H and O–H groups in total. The minimum atomic E-state index is -0.0296. The van der Waals surface area contributed by atoms with Crippen LogP contribution in [0.5, 0.6) is 0 Å². The van der Waals surface area contributed by atoms with E-state index in [9.17, 15) is 0 Å². The average molecular weight is 741 g/mol. The fourth-order valence-corrected chi connectivity index (χ4v) is 11.3. The molecule has 0 aliphatic heterocycles. The van der Waals surface area contributed by atoms with E-state index in [-0.39, 0.29) is 33.5 Å². The van der Waals surface area contributed by atoms with E-state index in [1.54, 1.807) is 0 Å². The minimum Gasteiger partial charge on any atom is -0.307 e. The van der Waals surface area contributed by atoms with Gasteiger partial charge in [-0.15, -0.1) is 0 Å². The molecular weight excluding hydrogens is 689 g/mol. The van der Waals surface area contributed by atoms with Gasteiger partial charge in [-0.05, 0) is 128 Å². The molecule has 2 unspecified atom stereocenters. The van der Waals surface area contributed by atoms with Gasteiger partial charge in [-0.2, -0.15) is 0 Å². The van der Waals surface area contributed by atoms with E-state index >= 15 is 0 Å². The van der Waals surface area contributed by atoms with E-state index < -0.39 is 0 Å². The van der Waals surface area contributed by atoms with Crippen molar-refractivity contribution in [3.63, 3.8) is 0 Å². The Morgan fingerprint density at radius 3 is 2.00 bits per heavy atom. The first kappa shape index (κ1) is 33.9. The van der Waals surface area contributed by atoms with Crippen molar-refractivity contribution in [2.75, 3.05) is 0 Å². The van der Waals surface area contributed by atoms with Crippen LogP contribution in [-0.4, -0.2) is 9.38 Å². The highest BCUT2D eigenvalue weighted by Crippen LogP contribution is 2.59. The molecular formula is C55H52N2. The standard InChI is InChI=1S/C55H52N2/c1-52(2,3)29-18-33-34-19-30(53(4,5)6)21-36-38-23-32(55(10,11)12)25-40-42-17-28(27-14-13-15-56-26-27)16-41-39-24-31(54(7,8)9)22-37-35(20-29)43(33)47-48(44(34)36)51(46(38)40)57(49(41)42)50(47)45(37)39/h13-26,37,44H,1-12H3. The summed E-state index contributed by atoms with van der Waals surface area (Å²) in [5.74, 6) is 0.332. The lowest BCUT2D eigenvalue weighted by atomic mass is 9.65. The first-order chi connectivity index (χ1) is 26.8. The largest absolute Gasteiger partial charge is 0.307 e. The predicted molar refractivity (Wildman–Crippen MR) is 241 cm³/mol. The molecule has 0 saturated heterocycles. The van der Waals surface area contributed by atoms with Gasteiger partial charge in [0.25, 0.3) is 0 Å². The third-order valence-corrected chi connectivity index (χ3v) is 14.4. The Morgan fingerprint density at radius 2 is 1.32 bits per heavy atom. The van der Waals surface area contributed by atoms with Crippen LogP contribution in [0.1, 0.15) is 128 Å². The number of fused-ring (bicyclic) bond motifs is 4. The highest BCUT2D eigenvalue weighted by Gasteiger charge is 2.44. The summed E-state index contributed by atoms with van der Waals surface area (Å²) in [7, 11) is 0. The average Bonchev–Trinajstić information content (AvgIpc) is 3.52. The summed E-state index contributed by atoms with van der Waals surface area (Å²) in [4.78, 5) is 4.63. The molecule has 5 aliphatic carbocycles. The number of hydrogen-bond donors (Lipinski definition) is 0. The maximum atomic E-state index is 4.63. The van der Waals surface area contributed by atoms with E-state index in [1.165, 1.54) is 120 Å². The van der Waals surface area contributed by atoms with Gasteiger partial charge in [-0.25, -0.2) is 0 Å². The molecule has 0 bridgehead atoms. The van der Waals surface area contributed by atoms with Gasteiger partial charge in [0, 0.05) is 51.2 Å². The van der Waals surface area contributed by atoms with Gasteiger partial charge < -0.3 is 4.40 Å². The van der Waals surface area contributed by atoms with Crippen molar-refractivity contribution >= 4 is 55.3 Å². The van der Waals surface area contributed by atoms with E-state index in [0.29, 0.717) is 0 Å². The van der Waals surface area contributed by atoms with Crippen LogP contribution in [0.15, 0.2) is 90.3 Å². The van der Waals surface area contributed by atoms with Crippen LogP contribution in [0.2, 0.25) is 0 Å². The SMILES string of the molecule is CC(C)(C)C1=CC2=c3cc(C(C)(C)C)cc4c3=c3c5c6c7c(cc(C(C)(C)C)cc7c7cc(-c8cccnc8)cc8c9c(c3n6c87)C4C=C(C(C)(C)C)C=9)C(=C1)C25. The van der Waals surface area contributed by atoms with Crippen molar-refractivity contribution in [3.05, 3.63) is 145 Å². The Hall–Kier alpha value is -5.21. The van der Waals surface area contributed by atoms with Gasteiger partial charge in [0.05, 0.1) is 16.6 Å². The second-order valence-corrected chi connectivity index (χ2v) is 22.1. The van der Waals surface area contributed by atoms with Crippen molar-refractivity contribution in [2.45, 2.75) is 106 Å². The predicted octanol–water partition coefficient (Wildman–Crippen LogP) is 12.6. The molecule has 3 aromatic carbocycles. The van der Waals surface area contributed by atoms with Gasteiger partial charge in [0.15, 0.2) is 0 Å². The molecule has 57 heavy (non-hydrogen) atoms. The first-order valence-electron chi connectivity index (χ1n) is 21.2. The molecule has 4 heterocycles. The van der Waals surface area contributed by atoms with Gasteiger partial charge in [-0.1, -0.05) is 132 Å². The molecule has 4 aromatic heterocycles. The summed E-state index contributed by atoms with van der Waals surface area (Å²) in [6.45, 7) is 28.7. The smallest absolute Gasteiger partial charge is 0.0619 e. The van der Waals surface area contributed by atoms with E-state index in [1.807, 2.05) is 12.4 Å². The van der Waals surface area contributed by atoms with Gasteiger partial charge >= 0.3 is 0 Å². The second-order valence-electron chi connectivity index (χ2n) is 22.1. The third kappa shape index (κ3) is 4.14. The number of aromatic nitrogens is 2. The van der Waals surface area contributed by atoms with Crippen molar-refractivity contribution < 1.29 is 0 Å². The number of rotatable bonds is 1. The third-order valence-electron chi connectivity index (χ3n) is 14.4. The summed E-state index contributed by atoms with van der Waals surface area (Å²) in [6, 6.07) is 19.7. The second kappa shape index (κ2) is 10.1. The molecule has 0 radical (unpaired) electrons. The fourth-order valence-electron chi connectivity index (χ4n) is 11.3. The van der Waals surface area contributed by atoms with Gasteiger partial charge in [0.2, 0.25) is 0 Å². The lowest BCUT2D eigenvalue weighted by Crippen LogP contribution is -2.31.